The number of anilines is 1. The van der Waals surface area contributed by atoms with E-state index < -0.39 is 11.8 Å². The Balaban J connectivity index is 2.16. The van der Waals surface area contributed by atoms with E-state index in [9.17, 15) is 4.79 Å². The van der Waals surface area contributed by atoms with Crippen LogP contribution in [-0.4, -0.2) is 28.3 Å². The van der Waals surface area contributed by atoms with Gasteiger partial charge in [0.2, 0.25) is 0 Å². The van der Waals surface area contributed by atoms with Crippen molar-refractivity contribution in [3.05, 3.63) is 29.8 Å². The van der Waals surface area contributed by atoms with Crippen molar-refractivity contribution in [3.8, 4) is 6.07 Å². The van der Waals surface area contributed by atoms with Crippen molar-refractivity contribution in [2.45, 2.75) is 25.4 Å². The van der Waals surface area contributed by atoms with Gasteiger partial charge in [0.05, 0.1) is 11.6 Å². The number of rotatable bonds is 2. The van der Waals surface area contributed by atoms with Gasteiger partial charge in [-0.3, -0.25) is 4.90 Å². The van der Waals surface area contributed by atoms with E-state index in [0.29, 0.717) is 12.1 Å². The number of nitrogens with zero attached hydrogens (tertiary/aromatic N) is 2. The Kier molecular flexibility index (Phi) is 3.11. The molecular formula is C13H15N3O2. The Morgan fingerprint density at radius 3 is 2.72 bits per heavy atom. The van der Waals surface area contributed by atoms with Crippen LogP contribution in [0.4, 0.5) is 10.5 Å². The first kappa shape index (κ1) is 12.2. The monoisotopic (exact) mass is 245 g/mol. The molecule has 1 heterocycles. The third-order valence-corrected chi connectivity index (χ3v) is 3.30. The Hall–Kier alpha value is -2.22. The topological polar surface area (TPSA) is 76.4 Å². The highest BCUT2D eigenvalue weighted by Gasteiger charge is 2.39. The number of likely N-dealkylation sites (tertiary alicyclic amines) is 1. The van der Waals surface area contributed by atoms with Gasteiger partial charge in [-0.05, 0) is 44.0 Å². The third-order valence-electron chi connectivity index (χ3n) is 3.30. The van der Waals surface area contributed by atoms with Gasteiger partial charge in [-0.2, -0.15) is 5.26 Å². The standard InChI is InChI=1S/C13H15N3O2/c1-13(7-2-8-16(13)12(17)18)15-11-5-3-10(9-14)4-6-11/h3-6,15H,2,7-8H2,1H3,(H,17,18). The van der Waals surface area contributed by atoms with Crippen LogP contribution >= 0.6 is 0 Å². The second kappa shape index (κ2) is 4.57. The van der Waals surface area contributed by atoms with Gasteiger partial charge in [0.1, 0.15) is 5.66 Å². The number of amides is 1. The molecule has 1 aliphatic heterocycles. The van der Waals surface area contributed by atoms with Crippen LogP contribution < -0.4 is 5.32 Å². The zero-order valence-corrected chi connectivity index (χ0v) is 10.2. The van der Waals surface area contributed by atoms with E-state index in [2.05, 4.69) is 11.4 Å². The summed E-state index contributed by atoms with van der Waals surface area (Å²) in [4.78, 5) is 12.6. The van der Waals surface area contributed by atoms with Gasteiger partial charge in [-0.15, -0.1) is 0 Å². The Bertz CT molecular complexity index is 492. The molecular weight excluding hydrogens is 230 g/mol. The molecule has 1 unspecified atom stereocenters. The summed E-state index contributed by atoms with van der Waals surface area (Å²) in [5.74, 6) is 0. The van der Waals surface area contributed by atoms with Crippen molar-refractivity contribution in [2.24, 2.45) is 0 Å². The molecule has 0 aliphatic carbocycles. The lowest BCUT2D eigenvalue weighted by Gasteiger charge is -2.35. The largest absolute Gasteiger partial charge is 0.465 e. The predicted molar refractivity (Wildman–Crippen MR) is 67.1 cm³/mol. The fourth-order valence-electron chi connectivity index (χ4n) is 2.34. The van der Waals surface area contributed by atoms with E-state index in [1.165, 1.54) is 4.90 Å². The van der Waals surface area contributed by atoms with Crippen molar-refractivity contribution in [3.63, 3.8) is 0 Å². The fraction of sp³-hybridized carbons (Fsp3) is 0.385. The van der Waals surface area contributed by atoms with Crippen LogP contribution in [0.25, 0.3) is 0 Å². The molecule has 1 aromatic carbocycles. The first-order valence-corrected chi connectivity index (χ1v) is 5.84. The molecule has 0 aromatic heterocycles. The number of carbonyl (C=O) groups is 1. The van der Waals surface area contributed by atoms with Crippen molar-refractivity contribution in [2.75, 3.05) is 11.9 Å². The van der Waals surface area contributed by atoms with E-state index in [4.69, 9.17) is 10.4 Å². The molecule has 1 aliphatic rings. The summed E-state index contributed by atoms with van der Waals surface area (Å²) in [6.45, 7) is 2.43. The van der Waals surface area contributed by atoms with Crippen molar-refractivity contribution in [1.29, 1.82) is 5.26 Å². The van der Waals surface area contributed by atoms with Crippen LogP contribution in [0, 0.1) is 11.3 Å². The van der Waals surface area contributed by atoms with Gasteiger partial charge in [0.25, 0.3) is 0 Å². The summed E-state index contributed by atoms with van der Waals surface area (Å²) in [7, 11) is 0. The number of benzene rings is 1. The lowest BCUT2D eigenvalue weighted by Crippen LogP contribution is -2.50. The van der Waals surface area contributed by atoms with Gasteiger partial charge < -0.3 is 10.4 Å². The highest BCUT2D eigenvalue weighted by molar-refractivity contribution is 5.67. The molecule has 5 nitrogen and oxygen atoms in total. The minimum Gasteiger partial charge on any atom is -0.465 e. The lowest BCUT2D eigenvalue weighted by atomic mass is 10.1. The van der Waals surface area contributed by atoms with Crippen LogP contribution in [0.1, 0.15) is 25.3 Å². The third kappa shape index (κ3) is 2.23. The van der Waals surface area contributed by atoms with Crippen LogP contribution in [0.3, 0.4) is 0 Å². The molecule has 0 saturated carbocycles. The summed E-state index contributed by atoms with van der Waals surface area (Å²) in [5, 5.41) is 21.1. The summed E-state index contributed by atoms with van der Waals surface area (Å²) in [5.41, 5.74) is 0.844. The molecule has 2 rings (SSSR count). The zero-order chi connectivity index (χ0) is 13.2. The van der Waals surface area contributed by atoms with E-state index in [0.717, 1.165) is 18.5 Å². The van der Waals surface area contributed by atoms with Gasteiger partial charge in [0.15, 0.2) is 0 Å². The van der Waals surface area contributed by atoms with Gasteiger partial charge >= 0.3 is 6.09 Å². The second-order valence-electron chi connectivity index (χ2n) is 4.63. The summed E-state index contributed by atoms with van der Waals surface area (Å²) >= 11 is 0. The summed E-state index contributed by atoms with van der Waals surface area (Å²) < 4.78 is 0. The van der Waals surface area contributed by atoms with Crippen LogP contribution in [-0.2, 0) is 0 Å². The average molecular weight is 245 g/mol. The lowest BCUT2D eigenvalue weighted by molar-refractivity contribution is 0.120. The maximum atomic E-state index is 11.2. The van der Waals surface area contributed by atoms with Crippen molar-refractivity contribution >= 4 is 11.8 Å². The first-order valence-electron chi connectivity index (χ1n) is 5.84. The van der Waals surface area contributed by atoms with Crippen molar-refractivity contribution < 1.29 is 9.90 Å². The Morgan fingerprint density at radius 1 is 1.50 bits per heavy atom. The van der Waals surface area contributed by atoms with E-state index in [-0.39, 0.29) is 0 Å². The predicted octanol–water partition coefficient (Wildman–Crippen LogP) is 2.46. The molecule has 0 spiro atoms. The van der Waals surface area contributed by atoms with Crippen LogP contribution in [0.5, 0.6) is 0 Å². The maximum Gasteiger partial charge on any atom is 0.409 e. The number of nitrogens with one attached hydrogen (secondary N) is 1. The molecule has 5 heteroatoms. The van der Waals surface area contributed by atoms with E-state index in [1.807, 2.05) is 6.92 Å². The molecule has 0 bridgehead atoms. The highest BCUT2D eigenvalue weighted by Crippen LogP contribution is 2.30. The van der Waals surface area contributed by atoms with Gasteiger partial charge in [0, 0.05) is 12.2 Å². The smallest absolute Gasteiger partial charge is 0.409 e. The molecule has 1 aromatic rings. The molecule has 94 valence electrons. The highest BCUT2D eigenvalue weighted by atomic mass is 16.4. The van der Waals surface area contributed by atoms with Gasteiger partial charge in [-0.25, -0.2) is 4.79 Å². The minimum absolute atomic E-state index is 0.551. The maximum absolute atomic E-state index is 11.2. The second-order valence-corrected chi connectivity index (χ2v) is 4.63. The Labute approximate surface area is 106 Å². The zero-order valence-electron chi connectivity index (χ0n) is 10.2. The number of nitriles is 1. The minimum atomic E-state index is -0.906. The first-order chi connectivity index (χ1) is 8.55. The molecule has 1 amide bonds. The van der Waals surface area contributed by atoms with E-state index in [1.54, 1.807) is 24.3 Å². The normalized spacial score (nSPS) is 22.6. The van der Waals surface area contributed by atoms with E-state index >= 15 is 0 Å². The molecule has 1 atom stereocenters. The molecule has 1 fully saturated rings. The average Bonchev–Trinajstić information content (AvgIpc) is 2.72. The van der Waals surface area contributed by atoms with Crippen LogP contribution in [0.15, 0.2) is 24.3 Å². The number of hydrogen-bond donors (Lipinski definition) is 2. The van der Waals surface area contributed by atoms with Crippen molar-refractivity contribution in [1.82, 2.24) is 4.90 Å². The van der Waals surface area contributed by atoms with Gasteiger partial charge in [-0.1, -0.05) is 0 Å². The number of carboxylic acid groups (broad SMARTS) is 1. The Morgan fingerprint density at radius 2 is 2.17 bits per heavy atom. The molecule has 18 heavy (non-hydrogen) atoms. The van der Waals surface area contributed by atoms with Crippen LogP contribution in [0.2, 0.25) is 0 Å². The molecule has 2 N–H and O–H groups in total. The molecule has 1 saturated heterocycles. The summed E-state index contributed by atoms with van der Waals surface area (Å²) in [6.07, 6.45) is 0.724. The number of hydrogen-bond acceptors (Lipinski definition) is 3. The molecule has 0 radical (unpaired) electrons. The fourth-order valence-corrected chi connectivity index (χ4v) is 2.34. The quantitative estimate of drug-likeness (QED) is 0.839. The summed E-state index contributed by atoms with van der Waals surface area (Å²) in [6, 6.07) is 9.07. The SMILES string of the molecule is CC1(Nc2ccc(C#N)cc2)CCCN1C(=O)O.